The highest BCUT2D eigenvalue weighted by atomic mass is 16.2. The van der Waals surface area contributed by atoms with E-state index in [0.29, 0.717) is 18.0 Å². The zero-order valence-electron chi connectivity index (χ0n) is 17.3. The third kappa shape index (κ3) is 3.56. The summed E-state index contributed by atoms with van der Waals surface area (Å²) in [5.74, 6) is 3.06. The molecular weight excluding hydrogens is 346 g/mol. The second-order valence-corrected chi connectivity index (χ2v) is 10.2. The fourth-order valence-corrected chi connectivity index (χ4v) is 7.15. The fraction of sp³-hybridized carbons (Fsp3) is 0.708. The molecule has 1 N–H and O–H groups in total. The van der Waals surface area contributed by atoms with E-state index in [4.69, 9.17) is 0 Å². The molecule has 6 rings (SSSR count). The first-order chi connectivity index (χ1) is 13.6. The number of nitrogens with zero attached hydrogens (tertiary/aromatic N) is 2. The number of anilines is 1. The standard InChI is InChI=1S/C24H35N3O/c1-18(24-14-19-11-20(15-24)13-21(12-19)16-24)25-23(28)17-26-7-9-27(10-8-26)22-5-3-2-4-6-22/h2-6,18-21H,7-17H2,1H3,(H,25,28)/t18-,19?,20?,21?,24?/m1/s1. The molecule has 0 unspecified atom stereocenters. The second-order valence-electron chi connectivity index (χ2n) is 10.2. The molecule has 4 nitrogen and oxygen atoms in total. The maximum atomic E-state index is 12.8. The summed E-state index contributed by atoms with van der Waals surface area (Å²) in [5.41, 5.74) is 1.69. The summed E-state index contributed by atoms with van der Waals surface area (Å²) in [6.07, 6.45) is 8.46. The van der Waals surface area contributed by atoms with Gasteiger partial charge >= 0.3 is 0 Å². The number of amides is 1. The number of hydrogen-bond acceptors (Lipinski definition) is 3. The topological polar surface area (TPSA) is 35.6 Å². The third-order valence-electron chi connectivity index (χ3n) is 8.24. The van der Waals surface area contributed by atoms with E-state index in [2.05, 4.69) is 52.4 Å². The van der Waals surface area contributed by atoms with Crippen LogP contribution >= 0.6 is 0 Å². The van der Waals surface area contributed by atoms with Gasteiger partial charge < -0.3 is 10.2 Å². The van der Waals surface area contributed by atoms with Crippen molar-refractivity contribution < 1.29 is 4.79 Å². The van der Waals surface area contributed by atoms with Gasteiger partial charge in [0.2, 0.25) is 5.91 Å². The summed E-state index contributed by atoms with van der Waals surface area (Å²) in [7, 11) is 0. The van der Waals surface area contributed by atoms with E-state index >= 15 is 0 Å². The van der Waals surface area contributed by atoms with Gasteiger partial charge in [0.15, 0.2) is 0 Å². The van der Waals surface area contributed by atoms with Crippen molar-refractivity contribution in [2.24, 2.45) is 23.2 Å². The summed E-state index contributed by atoms with van der Waals surface area (Å²) in [4.78, 5) is 17.5. The molecule has 1 saturated heterocycles. The van der Waals surface area contributed by atoms with E-state index in [1.165, 1.54) is 44.2 Å². The van der Waals surface area contributed by atoms with Crippen LogP contribution in [0.2, 0.25) is 0 Å². The molecule has 4 saturated carbocycles. The summed E-state index contributed by atoms with van der Waals surface area (Å²) in [6, 6.07) is 10.9. The van der Waals surface area contributed by atoms with Crippen LogP contribution in [0.15, 0.2) is 30.3 Å². The van der Waals surface area contributed by atoms with Gasteiger partial charge in [0, 0.05) is 37.9 Å². The number of benzene rings is 1. The van der Waals surface area contributed by atoms with E-state index in [0.717, 1.165) is 43.9 Å². The van der Waals surface area contributed by atoms with Crippen molar-refractivity contribution in [3.05, 3.63) is 30.3 Å². The first-order valence-corrected chi connectivity index (χ1v) is 11.4. The Morgan fingerprint density at radius 1 is 1.00 bits per heavy atom. The van der Waals surface area contributed by atoms with Gasteiger partial charge in [-0.05, 0) is 80.8 Å². The van der Waals surface area contributed by atoms with E-state index in [9.17, 15) is 4.79 Å². The molecular formula is C24H35N3O. The number of carbonyl (C=O) groups excluding carboxylic acids is 1. The lowest BCUT2D eigenvalue weighted by molar-refractivity contribution is -0.127. The van der Waals surface area contributed by atoms with Crippen LogP contribution in [0.4, 0.5) is 5.69 Å². The molecule has 4 aliphatic carbocycles. The lowest BCUT2D eigenvalue weighted by Gasteiger charge is -2.59. The van der Waals surface area contributed by atoms with Crippen LogP contribution < -0.4 is 10.2 Å². The minimum atomic E-state index is 0.233. The maximum Gasteiger partial charge on any atom is 0.234 e. The van der Waals surface area contributed by atoms with E-state index in [1.54, 1.807) is 0 Å². The van der Waals surface area contributed by atoms with Crippen molar-refractivity contribution in [1.82, 2.24) is 10.2 Å². The monoisotopic (exact) mass is 381 g/mol. The lowest BCUT2D eigenvalue weighted by Crippen LogP contribution is -2.57. The van der Waals surface area contributed by atoms with E-state index < -0.39 is 0 Å². The molecule has 0 aromatic heterocycles. The first kappa shape index (κ1) is 18.5. The second kappa shape index (κ2) is 7.37. The summed E-state index contributed by atoms with van der Waals surface area (Å²) in [6.45, 7) is 6.78. The Bertz CT molecular complexity index is 660. The average molecular weight is 382 g/mol. The molecule has 152 valence electrons. The smallest absolute Gasteiger partial charge is 0.234 e. The van der Waals surface area contributed by atoms with Crippen LogP contribution in [0, 0.1) is 23.2 Å². The van der Waals surface area contributed by atoms with E-state index in [1.807, 2.05) is 0 Å². The molecule has 28 heavy (non-hydrogen) atoms. The molecule has 1 aromatic carbocycles. The minimum Gasteiger partial charge on any atom is -0.369 e. The van der Waals surface area contributed by atoms with Crippen LogP contribution in [-0.2, 0) is 4.79 Å². The third-order valence-corrected chi connectivity index (χ3v) is 8.24. The molecule has 1 aliphatic heterocycles. The Hall–Kier alpha value is -1.55. The van der Waals surface area contributed by atoms with Crippen molar-refractivity contribution in [3.8, 4) is 0 Å². The first-order valence-electron chi connectivity index (χ1n) is 11.4. The predicted octanol–water partition coefficient (Wildman–Crippen LogP) is 3.53. The van der Waals surface area contributed by atoms with Crippen LogP contribution in [0.3, 0.4) is 0 Å². The number of hydrogen-bond donors (Lipinski definition) is 1. The van der Waals surface area contributed by atoms with Gasteiger partial charge in [-0.2, -0.15) is 0 Å². The quantitative estimate of drug-likeness (QED) is 0.848. The molecule has 5 fully saturated rings. The molecule has 1 aromatic rings. The summed E-state index contributed by atoms with van der Waals surface area (Å²) < 4.78 is 0. The zero-order chi connectivity index (χ0) is 19.1. The Kier molecular flexibility index (Phi) is 4.86. The summed E-state index contributed by atoms with van der Waals surface area (Å²) >= 11 is 0. The SMILES string of the molecule is C[C@@H](NC(=O)CN1CCN(c2ccccc2)CC1)C12CC3CC(CC(C3)C1)C2. The van der Waals surface area contributed by atoms with Gasteiger partial charge in [-0.3, -0.25) is 9.69 Å². The Morgan fingerprint density at radius 2 is 1.57 bits per heavy atom. The summed E-state index contributed by atoms with van der Waals surface area (Å²) in [5, 5.41) is 3.43. The molecule has 1 atom stereocenters. The van der Waals surface area contributed by atoms with Crippen LogP contribution in [0.5, 0.6) is 0 Å². The molecule has 4 bridgehead atoms. The fourth-order valence-electron chi connectivity index (χ4n) is 7.15. The Morgan fingerprint density at radius 3 is 2.14 bits per heavy atom. The van der Waals surface area contributed by atoms with Crippen molar-refractivity contribution in [1.29, 1.82) is 0 Å². The van der Waals surface area contributed by atoms with Gasteiger partial charge in [-0.25, -0.2) is 0 Å². The van der Waals surface area contributed by atoms with Gasteiger partial charge in [0.1, 0.15) is 0 Å². The number of nitrogens with one attached hydrogen (secondary N) is 1. The molecule has 4 heteroatoms. The molecule has 1 heterocycles. The lowest BCUT2D eigenvalue weighted by atomic mass is 9.48. The normalized spacial score (nSPS) is 35.8. The average Bonchev–Trinajstić information content (AvgIpc) is 2.68. The highest BCUT2D eigenvalue weighted by Crippen LogP contribution is 2.61. The molecule has 1 amide bonds. The maximum absolute atomic E-state index is 12.8. The minimum absolute atomic E-state index is 0.233. The van der Waals surface area contributed by atoms with E-state index in [-0.39, 0.29) is 5.91 Å². The van der Waals surface area contributed by atoms with Gasteiger partial charge in [-0.15, -0.1) is 0 Å². The van der Waals surface area contributed by atoms with Crippen molar-refractivity contribution in [2.75, 3.05) is 37.6 Å². The molecule has 0 spiro atoms. The molecule has 0 radical (unpaired) electrons. The van der Waals surface area contributed by atoms with Gasteiger partial charge in [-0.1, -0.05) is 18.2 Å². The van der Waals surface area contributed by atoms with Gasteiger partial charge in [0.05, 0.1) is 6.54 Å². The largest absolute Gasteiger partial charge is 0.369 e. The number of para-hydroxylation sites is 1. The van der Waals surface area contributed by atoms with Crippen molar-refractivity contribution in [3.63, 3.8) is 0 Å². The van der Waals surface area contributed by atoms with Crippen LogP contribution in [0.1, 0.15) is 45.4 Å². The van der Waals surface area contributed by atoms with Gasteiger partial charge in [0.25, 0.3) is 0 Å². The van der Waals surface area contributed by atoms with Crippen molar-refractivity contribution in [2.45, 2.75) is 51.5 Å². The zero-order valence-corrected chi connectivity index (χ0v) is 17.3. The molecule has 5 aliphatic rings. The number of carbonyl (C=O) groups is 1. The Labute approximate surface area is 169 Å². The number of piperazine rings is 1. The van der Waals surface area contributed by atoms with Crippen molar-refractivity contribution >= 4 is 11.6 Å². The highest BCUT2D eigenvalue weighted by molar-refractivity contribution is 5.78. The number of rotatable bonds is 5. The predicted molar refractivity (Wildman–Crippen MR) is 113 cm³/mol. The Balaban J connectivity index is 1.12. The van der Waals surface area contributed by atoms with Crippen LogP contribution in [-0.4, -0.2) is 49.6 Å². The van der Waals surface area contributed by atoms with Crippen LogP contribution in [0.25, 0.3) is 0 Å². The highest BCUT2D eigenvalue weighted by Gasteiger charge is 2.53.